The lowest BCUT2D eigenvalue weighted by Crippen LogP contribution is -2.35. The highest BCUT2D eigenvalue weighted by atomic mass is 19.1. The summed E-state index contributed by atoms with van der Waals surface area (Å²) in [4.78, 5) is 23.5. The molecule has 1 saturated heterocycles. The van der Waals surface area contributed by atoms with Gasteiger partial charge in [0.1, 0.15) is 11.8 Å². The second kappa shape index (κ2) is 5.54. The Morgan fingerprint density at radius 1 is 1.39 bits per heavy atom. The molecule has 0 aromatic carbocycles. The van der Waals surface area contributed by atoms with Crippen molar-refractivity contribution in [2.24, 2.45) is 5.92 Å². The minimum Gasteiger partial charge on any atom is -0.481 e. The Morgan fingerprint density at radius 3 is 2.50 bits per heavy atom. The third kappa shape index (κ3) is 4.50. The molecule has 0 aliphatic carbocycles. The molecule has 1 heterocycles. The molecule has 1 aliphatic rings. The van der Waals surface area contributed by atoms with E-state index in [1.807, 2.05) is 0 Å². The van der Waals surface area contributed by atoms with Crippen LogP contribution in [0, 0.1) is 5.92 Å². The number of carbonyl (C=O) groups excluding carboxylic acids is 1. The molecule has 1 fully saturated rings. The van der Waals surface area contributed by atoms with Gasteiger partial charge < -0.3 is 14.7 Å². The van der Waals surface area contributed by atoms with Crippen LogP contribution in [0.5, 0.6) is 0 Å². The highest BCUT2D eigenvalue weighted by molar-refractivity contribution is 5.69. The smallest absolute Gasteiger partial charge is 0.410 e. The van der Waals surface area contributed by atoms with Gasteiger partial charge in [0.25, 0.3) is 0 Å². The normalized spacial score (nSPS) is 24.1. The van der Waals surface area contributed by atoms with Crippen LogP contribution in [-0.4, -0.2) is 46.9 Å². The summed E-state index contributed by atoms with van der Waals surface area (Å²) >= 11 is 0. The molecule has 18 heavy (non-hydrogen) atoms. The van der Waals surface area contributed by atoms with Crippen LogP contribution in [0.15, 0.2) is 0 Å². The number of rotatable bonds is 3. The average molecular weight is 261 g/mol. The van der Waals surface area contributed by atoms with E-state index in [2.05, 4.69) is 0 Å². The first-order valence-corrected chi connectivity index (χ1v) is 6.03. The molecule has 2 atom stereocenters. The number of hydrogen-bond acceptors (Lipinski definition) is 3. The lowest BCUT2D eigenvalue weighted by molar-refractivity contribution is -0.137. The van der Waals surface area contributed by atoms with E-state index in [-0.39, 0.29) is 25.9 Å². The number of hydrogen-bond donors (Lipinski definition) is 1. The molecule has 1 N–H and O–H groups in total. The van der Waals surface area contributed by atoms with E-state index < -0.39 is 29.8 Å². The van der Waals surface area contributed by atoms with Crippen molar-refractivity contribution in [3.05, 3.63) is 0 Å². The summed E-state index contributed by atoms with van der Waals surface area (Å²) in [7, 11) is 0. The first-order valence-electron chi connectivity index (χ1n) is 6.03. The van der Waals surface area contributed by atoms with Gasteiger partial charge in [0.05, 0.1) is 6.54 Å². The van der Waals surface area contributed by atoms with Crippen LogP contribution < -0.4 is 0 Å². The van der Waals surface area contributed by atoms with Crippen molar-refractivity contribution in [3.8, 4) is 0 Å². The fraction of sp³-hybridized carbons (Fsp3) is 0.833. The summed E-state index contributed by atoms with van der Waals surface area (Å²) in [5.74, 6) is -1.36. The largest absolute Gasteiger partial charge is 0.481 e. The summed E-state index contributed by atoms with van der Waals surface area (Å²) in [6.45, 7) is 5.45. The highest BCUT2D eigenvalue weighted by Crippen LogP contribution is 2.25. The van der Waals surface area contributed by atoms with Gasteiger partial charge in [-0.2, -0.15) is 0 Å². The molecular formula is C12H20FNO4. The lowest BCUT2D eigenvalue weighted by atomic mass is 10.0. The van der Waals surface area contributed by atoms with E-state index >= 15 is 0 Å². The zero-order chi connectivity index (χ0) is 13.9. The van der Waals surface area contributed by atoms with Gasteiger partial charge in [0.15, 0.2) is 0 Å². The fourth-order valence-corrected chi connectivity index (χ4v) is 1.89. The maximum Gasteiger partial charge on any atom is 0.410 e. The minimum absolute atomic E-state index is 0.0147. The molecule has 6 heteroatoms. The van der Waals surface area contributed by atoms with E-state index in [1.165, 1.54) is 4.90 Å². The quantitative estimate of drug-likeness (QED) is 0.844. The molecule has 1 aliphatic heterocycles. The maximum absolute atomic E-state index is 13.6. The van der Waals surface area contributed by atoms with Crippen molar-refractivity contribution < 1.29 is 23.8 Å². The van der Waals surface area contributed by atoms with Crippen LogP contribution in [0.2, 0.25) is 0 Å². The molecule has 0 aromatic rings. The Labute approximate surface area is 106 Å². The number of nitrogens with zero attached hydrogens (tertiary/aromatic N) is 1. The Morgan fingerprint density at radius 2 is 2.00 bits per heavy atom. The van der Waals surface area contributed by atoms with Crippen molar-refractivity contribution in [2.45, 2.75) is 45.4 Å². The number of amides is 1. The van der Waals surface area contributed by atoms with Crippen molar-refractivity contribution in [1.82, 2.24) is 4.90 Å². The number of likely N-dealkylation sites (tertiary alicyclic amines) is 1. The van der Waals surface area contributed by atoms with E-state index in [0.29, 0.717) is 0 Å². The number of aliphatic carboxylic acids is 1. The molecule has 5 nitrogen and oxygen atoms in total. The van der Waals surface area contributed by atoms with Crippen molar-refractivity contribution in [2.75, 3.05) is 13.1 Å². The summed E-state index contributed by atoms with van der Waals surface area (Å²) in [5.41, 5.74) is -0.609. The van der Waals surface area contributed by atoms with Crippen LogP contribution in [0.1, 0.15) is 33.6 Å². The molecule has 1 amide bonds. The predicted molar refractivity (Wildman–Crippen MR) is 63.1 cm³/mol. The molecule has 0 saturated carbocycles. The van der Waals surface area contributed by atoms with Crippen LogP contribution in [0.3, 0.4) is 0 Å². The zero-order valence-electron chi connectivity index (χ0n) is 11.0. The summed E-state index contributed by atoms with van der Waals surface area (Å²) in [5, 5.41) is 8.56. The molecule has 0 radical (unpaired) electrons. The average Bonchev–Trinajstić information content (AvgIpc) is 2.54. The number of halogens is 1. The first kappa shape index (κ1) is 14.7. The van der Waals surface area contributed by atoms with Crippen LogP contribution in [0.4, 0.5) is 9.18 Å². The van der Waals surface area contributed by atoms with Gasteiger partial charge in [0, 0.05) is 18.9 Å². The first-order chi connectivity index (χ1) is 8.19. The third-order valence-corrected chi connectivity index (χ3v) is 2.74. The highest BCUT2D eigenvalue weighted by Gasteiger charge is 2.37. The van der Waals surface area contributed by atoms with E-state index in [0.717, 1.165) is 0 Å². The standard InChI is InChI=1S/C12H20FNO4/c1-12(2,3)18-11(17)14-6-8(9(13)7-14)4-5-10(15)16/h8-9H,4-7H2,1-3H3,(H,15,16). The topological polar surface area (TPSA) is 66.8 Å². The van der Waals surface area contributed by atoms with Crippen LogP contribution in [-0.2, 0) is 9.53 Å². The van der Waals surface area contributed by atoms with E-state index in [9.17, 15) is 14.0 Å². The SMILES string of the molecule is CC(C)(C)OC(=O)N1CC(F)C(CCC(=O)O)C1. The van der Waals surface area contributed by atoms with Gasteiger partial charge in [-0.05, 0) is 27.2 Å². The summed E-state index contributed by atoms with van der Waals surface area (Å²) in [6, 6.07) is 0. The molecule has 104 valence electrons. The van der Waals surface area contributed by atoms with Crippen LogP contribution in [0.25, 0.3) is 0 Å². The van der Waals surface area contributed by atoms with E-state index in [1.54, 1.807) is 20.8 Å². The van der Waals surface area contributed by atoms with Gasteiger partial charge in [-0.15, -0.1) is 0 Å². The van der Waals surface area contributed by atoms with Crippen molar-refractivity contribution in [1.29, 1.82) is 0 Å². The Bertz CT molecular complexity index is 327. The third-order valence-electron chi connectivity index (χ3n) is 2.74. The minimum atomic E-state index is -1.17. The number of carboxylic acids is 1. The van der Waals surface area contributed by atoms with Gasteiger partial charge in [-0.3, -0.25) is 4.79 Å². The molecule has 1 rings (SSSR count). The number of carboxylic acid groups (broad SMARTS) is 1. The summed E-state index contributed by atoms with van der Waals surface area (Å²) < 4.78 is 18.8. The molecule has 0 bridgehead atoms. The van der Waals surface area contributed by atoms with Gasteiger partial charge in [0.2, 0.25) is 0 Å². The van der Waals surface area contributed by atoms with E-state index in [4.69, 9.17) is 9.84 Å². The summed E-state index contributed by atoms with van der Waals surface area (Å²) in [6.07, 6.45) is -1.54. The predicted octanol–water partition coefficient (Wildman–Crippen LogP) is 2.06. The molecule has 0 spiro atoms. The van der Waals surface area contributed by atoms with Gasteiger partial charge in [-0.25, -0.2) is 9.18 Å². The molecular weight excluding hydrogens is 241 g/mol. The number of alkyl halides is 1. The van der Waals surface area contributed by atoms with Gasteiger partial charge in [-0.1, -0.05) is 0 Å². The van der Waals surface area contributed by atoms with Crippen molar-refractivity contribution >= 4 is 12.1 Å². The lowest BCUT2D eigenvalue weighted by Gasteiger charge is -2.24. The molecule has 2 unspecified atom stereocenters. The van der Waals surface area contributed by atoms with Crippen molar-refractivity contribution in [3.63, 3.8) is 0 Å². The number of carbonyl (C=O) groups is 2. The second-order valence-corrected chi connectivity index (χ2v) is 5.59. The Balaban J connectivity index is 2.47. The monoisotopic (exact) mass is 261 g/mol. The fourth-order valence-electron chi connectivity index (χ4n) is 1.89. The Kier molecular flexibility index (Phi) is 4.53. The molecule has 0 aromatic heterocycles. The number of ether oxygens (including phenoxy) is 1. The zero-order valence-corrected chi connectivity index (χ0v) is 11.0. The van der Waals surface area contributed by atoms with Gasteiger partial charge >= 0.3 is 12.1 Å². The Hall–Kier alpha value is -1.33. The maximum atomic E-state index is 13.6. The second-order valence-electron chi connectivity index (χ2n) is 5.59. The van der Waals surface area contributed by atoms with Crippen LogP contribution >= 0.6 is 0 Å².